The van der Waals surface area contributed by atoms with E-state index in [1.54, 1.807) is 30.2 Å². The summed E-state index contributed by atoms with van der Waals surface area (Å²) in [5, 5.41) is 6.18. The van der Waals surface area contributed by atoms with Gasteiger partial charge in [-0.05, 0) is 61.9 Å². The second kappa shape index (κ2) is 15.8. The molecular formula is C36H38N6O4S2. The summed E-state index contributed by atoms with van der Waals surface area (Å²) in [5.74, 6) is 0.286. The lowest BCUT2D eigenvalue weighted by atomic mass is 10.0. The molecule has 0 unspecified atom stereocenters. The molecule has 248 valence electrons. The second-order valence-corrected chi connectivity index (χ2v) is 13.1. The van der Waals surface area contributed by atoms with Crippen LogP contribution in [0.2, 0.25) is 0 Å². The number of ether oxygens (including phenoxy) is 2. The van der Waals surface area contributed by atoms with E-state index in [0.29, 0.717) is 32.9 Å². The van der Waals surface area contributed by atoms with Gasteiger partial charge in [0.25, 0.3) is 5.91 Å². The fraction of sp³-hybridized carbons (Fsp3) is 0.250. The number of nitrogens with zero attached hydrogens (tertiary/aromatic N) is 5. The topological polar surface area (TPSA) is 110 Å². The minimum Gasteiger partial charge on any atom is -0.493 e. The van der Waals surface area contributed by atoms with Gasteiger partial charge in [-0.25, -0.2) is 15.0 Å². The van der Waals surface area contributed by atoms with Gasteiger partial charge in [0.1, 0.15) is 11.0 Å². The van der Waals surface area contributed by atoms with E-state index in [4.69, 9.17) is 14.5 Å². The molecule has 0 aliphatic carbocycles. The number of nitrogens with one attached hydrogen (secondary N) is 1. The Hall–Kier alpha value is -4.94. The number of aromatic nitrogens is 3. The highest BCUT2D eigenvalue weighted by molar-refractivity contribution is 7.99. The van der Waals surface area contributed by atoms with Gasteiger partial charge in [0.15, 0.2) is 16.7 Å². The maximum atomic E-state index is 14.4. The molecule has 0 aliphatic rings. The largest absolute Gasteiger partial charge is 0.493 e. The molecule has 0 bridgehead atoms. The maximum Gasteiger partial charge on any atom is 0.251 e. The number of aryl methyl sites for hydroxylation is 2. The van der Waals surface area contributed by atoms with Gasteiger partial charge in [-0.3, -0.25) is 9.59 Å². The first-order valence-corrected chi connectivity index (χ1v) is 17.1. The third kappa shape index (κ3) is 8.50. The van der Waals surface area contributed by atoms with Crippen LogP contribution in [0, 0.1) is 13.8 Å². The fourth-order valence-electron chi connectivity index (χ4n) is 5.11. The van der Waals surface area contributed by atoms with Crippen molar-refractivity contribution in [3.63, 3.8) is 0 Å². The SMILES string of the molecule is COc1ccc([C@H](C(=O)Nc2ccc(N(C)C)cc2)N(Cc2nc(-c3ccccc3)cs2)C(=O)CSc2nc(C)cc(C)n2)cc1OC. The molecule has 0 aliphatic heterocycles. The molecule has 2 aromatic heterocycles. The number of amides is 2. The van der Waals surface area contributed by atoms with E-state index in [0.717, 1.165) is 28.3 Å². The van der Waals surface area contributed by atoms with Crippen LogP contribution in [-0.4, -0.2) is 65.7 Å². The highest BCUT2D eigenvalue weighted by atomic mass is 32.2. The summed E-state index contributed by atoms with van der Waals surface area (Å²) < 4.78 is 11.1. The Morgan fingerprint density at radius 3 is 2.21 bits per heavy atom. The Morgan fingerprint density at radius 1 is 0.875 bits per heavy atom. The third-order valence-electron chi connectivity index (χ3n) is 7.47. The minimum absolute atomic E-state index is 0.00835. The smallest absolute Gasteiger partial charge is 0.251 e. The van der Waals surface area contributed by atoms with Gasteiger partial charge in [-0.15, -0.1) is 11.3 Å². The van der Waals surface area contributed by atoms with Gasteiger partial charge >= 0.3 is 0 Å². The molecule has 48 heavy (non-hydrogen) atoms. The molecule has 0 spiro atoms. The van der Waals surface area contributed by atoms with E-state index in [-0.39, 0.29) is 24.1 Å². The number of rotatable bonds is 13. The number of methoxy groups -OCH3 is 2. The molecule has 5 rings (SSSR count). The first-order valence-electron chi connectivity index (χ1n) is 15.2. The Kier molecular flexibility index (Phi) is 11.3. The standard InChI is InChI=1S/C36H38N6O4S2/c1-23-18-24(2)38-36(37-23)48-22-33(43)42(20-32-40-29(21-47-32)25-10-8-7-9-11-25)34(26-12-17-30(45-5)31(19-26)46-6)35(44)39-27-13-15-28(16-14-27)41(3)4/h7-19,21,34H,20,22H2,1-6H3,(H,39,44)/t34-/m1/s1. The highest BCUT2D eigenvalue weighted by Gasteiger charge is 2.33. The van der Waals surface area contributed by atoms with Crippen molar-refractivity contribution in [1.82, 2.24) is 19.9 Å². The molecule has 10 nitrogen and oxygen atoms in total. The maximum absolute atomic E-state index is 14.4. The number of carbonyl (C=O) groups excluding carboxylic acids is 2. The first-order chi connectivity index (χ1) is 23.1. The summed E-state index contributed by atoms with van der Waals surface area (Å²) in [6.07, 6.45) is 0. The molecule has 1 atom stereocenters. The van der Waals surface area contributed by atoms with Crippen LogP contribution in [0.3, 0.4) is 0 Å². The van der Waals surface area contributed by atoms with Crippen molar-refractivity contribution in [1.29, 1.82) is 0 Å². The van der Waals surface area contributed by atoms with E-state index >= 15 is 0 Å². The molecule has 3 aromatic carbocycles. The van der Waals surface area contributed by atoms with Crippen molar-refractivity contribution in [2.45, 2.75) is 31.6 Å². The van der Waals surface area contributed by atoms with Crippen LogP contribution in [0.15, 0.2) is 89.4 Å². The quantitative estimate of drug-likeness (QED) is 0.106. The van der Waals surface area contributed by atoms with Gasteiger partial charge in [-0.2, -0.15) is 0 Å². The molecule has 0 radical (unpaired) electrons. The lowest BCUT2D eigenvalue weighted by Crippen LogP contribution is -2.41. The zero-order valence-corrected chi connectivity index (χ0v) is 29.4. The van der Waals surface area contributed by atoms with Crippen LogP contribution < -0.4 is 19.7 Å². The first kappa shape index (κ1) is 34.4. The molecule has 0 saturated heterocycles. The summed E-state index contributed by atoms with van der Waals surface area (Å²) in [7, 11) is 6.99. The molecule has 5 aromatic rings. The van der Waals surface area contributed by atoms with Crippen LogP contribution in [0.1, 0.15) is 28.0 Å². The Labute approximate surface area is 289 Å². The Morgan fingerprint density at radius 2 is 1.56 bits per heavy atom. The number of hydrogen-bond acceptors (Lipinski definition) is 10. The zero-order chi connectivity index (χ0) is 34.2. The van der Waals surface area contributed by atoms with Crippen LogP contribution in [-0.2, 0) is 16.1 Å². The van der Waals surface area contributed by atoms with E-state index < -0.39 is 6.04 Å². The Bertz CT molecular complexity index is 1840. The zero-order valence-electron chi connectivity index (χ0n) is 27.8. The fourth-order valence-corrected chi connectivity index (χ4v) is 6.75. The van der Waals surface area contributed by atoms with E-state index in [9.17, 15) is 9.59 Å². The number of anilines is 2. The van der Waals surface area contributed by atoms with Crippen molar-refractivity contribution in [2.75, 3.05) is 44.3 Å². The van der Waals surface area contributed by atoms with Crippen LogP contribution in [0.4, 0.5) is 11.4 Å². The van der Waals surface area contributed by atoms with E-state index in [1.807, 2.05) is 98.9 Å². The van der Waals surface area contributed by atoms with Crippen LogP contribution >= 0.6 is 23.1 Å². The van der Waals surface area contributed by atoms with Crippen molar-refractivity contribution in [2.24, 2.45) is 0 Å². The molecule has 1 N–H and O–H groups in total. The lowest BCUT2D eigenvalue weighted by molar-refractivity contribution is -0.137. The molecule has 2 heterocycles. The van der Waals surface area contributed by atoms with Gasteiger partial charge in [0.2, 0.25) is 5.91 Å². The lowest BCUT2D eigenvalue weighted by Gasteiger charge is -2.31. The normalized spacial score (nSPS) is 11.5. The van der Waals surface area contributed by atoms with Crippen molar-refractivity contribution < 1.29 is 19.1 Å². The molecule has 0 saturated carbocycles. The molecular weight excluding hydrogens is 645 g/mol. The van der Waals surface area contributed by atoms with Crippen molar-refractivity contribution in [3.8, 4) is 22.8 Å². The summed E-state index contributed by atoms with van der Waals surface area (Å²) in [6.45, 7) is 3.88. The van der Waals surface area contributed by atoms with Gasteiger partial charge < -0.3 is 24.6 Å². The van der Waals surface area contributed by atoms with Crippen LogP contribution in [0.5, 0.6) is 11.5 Å². The third-order valence-corrected chi connectivity index (χ3v) is 9.13. The predicted molar refractivity (Wildman–Crippen MR) is 192 cm³/mol. The molecule has 12 heteroatoms. The number of hydrogen-bond donors (Lipinski definition) is 1. The van der Waals surface area contributed by atoms with E-state index in [1.165, 1.54) is 30.2 Å². The number of thiazole rings is 1. The number of carbonyl (C=O) groups is 2. The predicted octanol–water partition coefficient (Wildman–Crippen LogP) is 6.80. The van der Waals surface area contributed by atoms with Crippen LogP contribution in [0.25, 0.3) is 11.3 Å². The van der Waals surface area contributed by atoms with Crippen molar-refractivity contribution >= 4 is 46.3 Å². The van der Waals surface area contributed by atoms with Gasteiger partial charge in [0, 0.05) is 47.8 Å². The Balaban J connectivity index is 1.55. The summed E-state index contributed by atoms with van der Waals surface area (Å²) in [4.78, 5) is 46.1. The molecule has 0 fully saturated rings. The van der Waals surface area contributed by atoms with E-state index in [2.05, 4.69) is 15.3 Å². The summed E-state index contributed by atoms with van der Waals surface area (Å²) >= 11 is 2.67. The molecule has 2 amide bonds. The average molecular weight is 683 g/mol. The average Bonchev–Trinajstić information content (AvgIpc) is 3.55. The van der Waals surface area contributed by atoms with Gasteiger partial charge in [0.05, 0.1) is 32.2 Å². The summed E-state index contributed by atoms with van der Waals surface area (Å²) in [5.41, 5.74) is 5.54. The second-order valence-electron chi connectivity index (χ2n) is 11.2. The minimum atomic E-state index is -1.05. The highest BCUT2D eigenvalue weighted by Crippen LogP contribution is 2.35. The number of benzene rings is 3. The number of thioether (sulfide) groups is 1. The monoisotopic (exact) mass is 682 g/mol. The van der Waals surface area contributed by atoms with Crippen molar-refractivity contribution in [3.05, 3.63) is 106 Å². The van der Waals surface area contributed by atoms with Gasteiger partial charge in [-0.1, -0.05) is 48.2 Å². The summed E-state index contributed by atoms with van der Waals surface area (Å²) in [6, 6.07) is 23.4.